The smallest absolute Gasteiger partial charge is 0.317 e. The van der Waals surface area contributed by atoms with Crippen molar-refractivity contribution < 1.29 is 23.9 Å². The minimum atomic E-state index is -0.413. The summed E-state index contributed by atoms with van der Waals surface area (Å²) in [5.74, 6) is 2.01. The first-order chi connectivity index (χ1) is 18.6. The molecule has 39 heavy (non-hydrogen) atoms. The molecule has 0 unspecified atom stereocenters. The van der Waals surface area contributed by atoms with E-state index in [0.29, 0.717) is 54.9 Å². The fourth-order valence-corrected chi connectivity index (χ4v) is 8.94. The molecule has 0 atom stereocenters. The van der Waals surface area contributed by atoms with Crippen molar-refractivity contribution in [3.05, 3.63) is 60.9 Å². The average Bonchev–Trinajstić information content (AvgIpc) is 3.13. The van der Waals surface area contributed by atoms with Gasteiger partial charge in [0.1, 0.15) is 0 Å². The van der Waals surface area contributed by atoms with Gasteiger partial charge in [-0.25, -0.2) is 0 Å². The van der Waals surface area contributed by atoms with Gasteiger partial charge in [-0.15, -0.1) is 0 Å². The quantitative estimate of drug-likeness (QED) is 0.179. The Morgan fingerprint density at radius 1 is 1.10 bits per heavy atom. The lowest BCUT2D eigenvalue weighted by Crippen LogP contribution is -2.51. The highest BCUT2D eigenvalue weighted by molar-refractivity contribution is 9.10. The third-order valence-corrected chi connectivity index (χ3v) is 10.5. The zero-order valence-electron chi connectivity index (χ0n) is 21.2. The van der Waals surface area contributed by atoms with Crippen molar-refractivity contribution in [2.45, 2.75) is 45.1 Å². The van der Waals surface area contributed by atoms with Gasteiger partial charge in [-0.2, -0.15) is 0 Å². The van der Waals surface area contributed by atoms with Crippen molar-refractivity contribution >= 4 is 74.1 Å². The standard InChI is InChI=1S/C29H26BrCl2NO5S/c1-37-23-8-15(9-24-26(34)33(28(36)39-24)14-19-2-3-20(31)10-22(19)32)7-21(30)25(23)38-27(35)29-11-16-4-17(12-29)6-18(5-16)13-29/h2-3,7-10,16-18H,4-6,11-14H2,1H3/b24-9-. The Hall–Kier alpha value is -2.00. The van der Waals surface area contributed by atoms with Crippen LogP contribution in [0.2, 0.25) is 10.0 Å². The second kappa shape index (κ2) is 10.4. The molecule has 1 saturated heterocycles. The molecular weight excluding hydrogens is 625 g/mol. The van der Waals surface area contributed by atoms with Crippen molar-refractivity contribution in [2.75, 3.05) is 7.11 Å². The molecule has 1 aliphatic heterocycles. The summed E-state index contributed by atoms with van der Waals surface area (Å²) >= 11 is 16.6. The molecule has 2 aromatic carbocycles. The first-order valence-electron chi connectivity index (χ1n) is 12.9. The number of imide groups is 1. The Balaban J connectivity index is 1.21. The third-order valence-electron chi connectivity index (χ3n) is 8.43. The Labute approximate surface area is 249 Å². The molecule has 2 aromatic rings. The van der Waals surface area contributed by atoms with Gasteiger partial charge >= 0.3 is 5.97 Å². The summed E-state index contributed by atoms with van der Waals surface area (Å²) in [7, 11) is 1.51. The number of hydrogen-bond donors (Lipinski definition) is 0. The van der Waals surface area contributed by atoms with E-state index in [4.69, 9.17) is 32.7 Å². The predicted octanol–water partition coefficient (Wildman–Crippen LogP) is 8.12. The van der Waals surface area contributed by atoms with E-state index >= 15 is 0 Å². The highest BCUT2D eigenvalue weighted by atomic mass is 79.9. The zero-order chi connectivity index (χ0) is 27.5. The van der Waals surface area contributed by atoms with Crippen LogP contribution in [0.25, 0.3) is 6.08 Å². The molecule has 1 heterocycles. The van der Waals surface area contributed by atoms with Crippen LogP contribution < -0.4 is 9.47 Å². The van der Waals surface area contributed by atoms with E-state index in [9.17, 15) is 14.4 Å². The predicted molar refractivity (Wildman–Crippen MR) is 155 cm³/mol. The van der Waals surface area contributed by atoms with E-state index in [0.717, 1.165) is 35.9 Å². The van der Waals surface area contributed by atoms with Gasteiger partial charge in [-0.3, -0.25) is 19.3 Å². The molecule has 204 valence electrons. The maximum atomic E-state index is 13.5. The van der Waals surface area contributed by atoms with E-state index in [1.807, 2.05) is 0 Å². The van der Waals surface area contributed by atoms with E-state index in [1.165, 1.54) is 26.4 Å². The zero-order valence-corrected chi connectivity index (χ0v) is 25.1. The Kier molecular flexibility index (Phi) is 7.28. The summed E-state index contributed by atoms with van der Waals surface area (Å²) in [5, 5.41) is 0.478. The third kappa shape index (κ3) is 5.14. The number of esters is 1. The van der Waals surface area contributed by atoms with Gasteiger partial charge in [0.25, 0.3) is 11.1 Å². The van der Waals surface area contributed by atoms with Crippen molar-refractivity contribution in [3.63, 3.8) is 0 Å². The van der Waals surface area contributed by atoms with Crippen LogP contribution in [-0.2, 0) is 16.1 Å². The van der Waals surface area contributed by atoms with Crippen LogP contribution in [0, 0.1) is 23.2 Å². The molecule has 7 rings (SSSR count). The number of carbonyl (C=O) groups is 3. The molecule has 10 heteroatoms. The lowest BCUT2D eigenvalue weighted by atomic mass is 9.49. The molecule has 6 nitrogen and oxygen atoms in total. The summed E-state index contributed by atoms with van der Waals surface area (Å²) in [6.07, 6.45) is 8.09. The second-order valence-corrected chi connectivity index (χ2v) is 13.8. The number of ether oxygens (including phenoxy) is 2. The van der Waals surface area contributed by atoms with Gasteiger partial charge in [0.05, 0.1) is 28.4 Å². The summed E-state index contributed by atoms with van der Waals surface area (Å²) in [4.78, 5) is 40.7. The van der Waals surface area contributed by atoms with Gasteiger partial charge in [-0.05, 0) is 125 Å². The van der Waals surface area contributed by atoms with Crippen molar-refractivity contribution in [1.82, 2.24) is 4.90 Å². The van der Waals surface area contributed by atoms with Gasteiger partial charge in [-0.1, -0.05) is 29.3 Å². The normalized spacial score (nSPS) is 28.5. The fourth-order valence-electron chi connectivity index (χ4n) is 7.09. The van der Waals surface area contributed by atoms with Gasteiger partial charge < -0.3 is 9.47 Å². The van der Waals surface area contributed by atoms with Crippen LogP contribution >= 0.6 is 50.9 Å². The summed E-state index contributed by atoms with van der Waals surface area (Å²) < 4.78 is 12.2. The van der Waals surface area contributed by atoms with Gasteiger partial charge in [0.15, 0.2) is 11.5 Å². The first-order valence-corrected chi connectivity index (χ1v) is 15.3. The first kappa shape index (κ1) is 27.2. The molecule has 0 N–H and O–H groups in total. The lowest BCUT2D eigenvalue weighted by molar-refractivity contribution is -0.161. The van der Waals surface area contributed by atoms with E-state index in [1.54, 1.807) is 36.4 Å². The maximum absolute atomic E-state index is 13.5. The molecule has 4 bridgehead atoms. The molecule has 0 aromatic heterocycles. The molecule has 5 aliphatic rings. The highest BCUT2D eigenvalue weighted by Crippen LogP contribution is 2.60. The van der Waals surface area contributed by atoms with Crippen LogP contribution in [0.4, 0.5) is 4.79 Å². The monoisotopic (exact) mass is 649 g/mol. The van der Waals surface area contributed by atoms with E-state index < -0.39 is 11.3 Å². The molecule has 0 spiro atoms. The summed E-state index contributed by atoms with van der Waals surface area (Å²) in [5.41, 5.74) is 0.853. The average molecular weight is 651 g/mol. The Morgan fingerprint density at radius 2 is 1.77 bits per heavy atom. The minimum Gasteiger partial charge on any atom is -0.493 e. The molecule has 5 fully saturated rings. The topological polar surface area (TPSA) is 72.9 Å². The number of benzene rings is 2. The van der Waals surface area contributed by atoms with Crippen molar-refractivity contribution in [3.8, 4) is 11.5 Å². The number of carbonyl (C=O) groups excluding carboxylic acids is 3. The maximum Gasteiger partial charge on any atom is 0.317 e. The SMILES string of the molecule is COc1cc(/C=C2\SC(=O)N(Cc3ccc(Cl)cc3Cl)C2=O)cc(Br)c1OC(=O)C12CC3CC(CC(C3)C1)C2. The minimum absolute atomic E-state index is 0.0459. The van der Waals surface area contributed by atoms with Crippen LogP contribution in [0.5, 0.6) is 11.5 Å². The number of halogens is 3. The van der Waals surface area contributed by atoms with Gasteiger partial charge in [0.2, 0.25) is 0 Å². The van der Waals surface area contributed by atoms with E-state index in [2.05, 4.69) is 15.9 Å². The Bertz CT molecular complexity index is 1390. The number of hydrogen-bond acceptors (Lipinski definition) is 6. The van der Waals surface area contributed by atoms with Gasteiger partial charge in [0, 0.05) is 10.0 Å². The largest absolute Gasteiger partial charge is 0.493 e. The summed E-state index contributed by atoms with van der Waals surface area (Å²) in [6.45, 7) is 0.0459. The molecule has 0 radical (unpaired) electrons. The Morgan fingerprint density at radius 3 is 2.38 bits per heavy atom. The van der Waals surface area contributed by atoms with E-state index in [-0.39, 0.29) is 22.7 Å². The van der Waals surface area contributed by atoms with Crippen LogP contribution in [0.1, 0.15) is 49.7 Å². The van der Waals surface area contributed by atoms with Crippen LogP contribution in [-0.4, -0.2) is 29.1 Å². The van der Waals surface area contributed by atoms with Crippen LogP contribution in [0.15, 0.2) is 39.7 Å². The number of rotatable bonds is 6. The number of nitrogens with zero attached hydrogens (tertiary/aromatic N) is 1. The van der Waals surface area contributed by atoms with Crippen molar-refractivity contribution in [1.29, 1.82) is 0 Å². The molecular formula is C29H26BrCl2NO5S. The number of amides is 2. The van der Waals surface area contributed by atoms with Crippen LogP contribution in [0.3, 0.4) is 0 Å². The van der Waals surface area contributed by atoms with Crippen molar-refractivity contribution in [2.24, 2.45) is 23.2 Å². The number of thioether (sulfide) groups is 1. The fraction of sp³-hybridized carbons (Fsp3) is 0.414. The molecule has 4 saturated carbocycles. The number of methoxy groups -OCH3 is 1. The second-order valence-electron chi connectivity index (χ2n) is 11.1. The lowest BCUT2D eigenvalue weighted by Gasteiger charge is -2.55. The molecule has 2 amide bonds. The highest BCUT2D eigenvalue weighted by Gasteiger charge is 2.55. The molecule has 4 aliphatic carbocycles. The summed E-state index contributed by atoms with van der Waals surface area (Å²) in [6, 6.07) is 8.41.